The number of para-hydroxylation sites is 1. The van der Waals surface area contributed by atoms with Gasteiger partial charge in [-0.2, -0.15) is 20.9 Å². The van der Waals surface area contributed by atoms with Crippen LogP contribution in [-0.2, 0) is 0 Å². The maximum Gasteiger partial charge on any atom is 0.163 e. The normalized spacial score (nSPS) is 9.16. The Morgan fingerprint density at radius 1 is 1.21 bits per heavy atom. The number of anilines is 1. The van der Waals surface area contributed by atoms with Gasteiger partial charge in [0.05, 0.1) is 5.69 Å². The van der Waals surface area contributed by atoms with Crippen LogP contribution in [0.2, 0.25) is 5.15 Å². The number of aromatic nitrogens is 2. The number of nitriles is 3. The van der Waals surface area contributed by atoms with Crippen molar-refractivity contribution in [3.05, 3.63) is 34.6 Å². The van der Waals surface area contributed by atoms with Gasteiger partial charge in [-0.25, -0.2) is 0 Å². The number of halogens is 1. The predicted octanol–water partition coefficient (Wildman–Crippen LogP) is 2.45. The first-order chi connectivity index (χ1) is 9.21. The van der Waals surface area contributed by atoms with E-state index in [0.717, 1.165) is 0 Å². The monoisotopic (exact) mass is 268 g/mol. The molecule has 2 N–H and O–H groups in total. The van der Waals surface area contributed by atoms with Gasteiger partial charge in [0, 0.05) is 5.39 Å². The Hall–Kier alpha value is -3.01. The fraction of sp³-hybridized carbons (Fsp3) is 0. The molecule has 19 heavy (non-hydrogen) atoms. The lowest BCUT2D eigenvalue weighted by atomic mass is 10.2. The average molecular weight is 269 g/mol. The number of rotatable bonds is 2. The molecule has 0 saturated carbocycles. The molecule has 7 heteroatoms. The molecular formula is C12H5ClN6. The fourth-order valence-electron chi connectivity index (χ4n) is 1.52. The maximum absolute atomic E-state index is 8.97. The highest BCUT2D eigenvalue weighted by Crippen LogP contribution is 2.27. The Kier molecular flexibility index (Phi) is 3.34. The van der Waals surface area contributed by atoms with Crippen LogP contribution < -0.4 is 5.32 Å². The van der Waals surface area contributed by atoms with Crippen LogP contribution in [0.25, 0.3) is 10.9 Å². The second-order valence-electron chi connectivity index (χ2n) is 3.45. The molecule has 2 aromatic rings. The molecule has 0 saturated heterocycles. The van der Waals surface area contributed by atoms with E-state index in [4.69, 9.17) is 27.4 Å². The number of allylic oxidation sites excluding steroid dienone is 2. The summed E-state index contributed by atoms with van der Waals surface area (Å²) in [5.74, 6) is 0. The van der Waals surface area contributed by atoms with Gasteiger partial charge in [0.15, 0.2) is 5.57 Å². The van der Waals surface area contributed by atoms with Crippen LogP contribution in [0.15, 0.2) is 29.5 Å². The summed E-state index contributed by atoms with van der Waals surface area (Å²) in [7, 11) is 0. The first-order valence-corrected chi connectivity index (χ1v) is 5.43. The van der Waals surface area contributed by atoms with Crippen LogP contribution in [0.4, 0.5) is 5.69 Å². The van der Waals surface area contributed by atoms with Gasteiger partial charge in [0.1, 0.15) is 34.6 Å². The van der Waals surface area contributed by atoms with Crippen molar-refractivity contribution < 1.29 is 0 Å². The topological polar surface area (TPSA) is 112 Å². The summed E-state index contributed by atoms with van der Waals surface area (Å²) in [6.07, 6.45) is 0. The van der Waals surface area contributed by atoms with E-state index in [0.29, 0.717) is 21.7 Å². The van der Waals surface area contributed by atoms with E-state index in [9.17, 15) is 0 Å². The number of aromatic amines is 1. The summed E-state index contributed by atoms with van der Waals surface area (Å²) >= 11 is 5.90. The molecule has 1 aromatic carbocycles. The van der Waals surface area contributed by atoms with E-state index >= 15 is 0 Å². The molecule has 1 heterocycles. The summed E-state index contributed by atoms with van der Waals surface area (Å²) in [6, 6.07) is 10.2. The van der Waals surface area contributed by atoms with E-state index in [1.54, 1.807) is 36.4 Å². The third-order valence-corrected chi connectivity index (χ3v) is 2.67. The first-order valence-electron chi connectivity index (χ1n) is 5.05. The highest BCUT2D eigenvalue weighted by atomic mass is 35.5. The molecule has 1 aromatic heterocycles. The molecule has 0 aliphatic rings. The Bertz CT molecular complexity index is 780. The van der Waals surface area contributed by atoms with Crippen LogP contribution in [0.5, 0.6) is 0 Å². The molecule has 0 amide bonds. The first kappa shape index (κ1) is 12.4. The second-order valence-corrected chi connectivity index (χ2v) is 3.83. The zero-order chi connectivity index (χ0) is 13.8. The highest BCUT2D eigenvalue weighted by Gasteiger charge is 2.11. The standard InChI is InChI=1S/C12H5ClN6/c13-12-8-2-1-3-9(11(8)18-19-12)17-10(6-16)7(4-14)5-15/h1-3,17H,(H,18,19). The van der Waals surface area contributed by atoms with Crippen molar-refractivity contribution in [3.8, 4) is 18.2 Å². The minimum Gasteiger partial charge on any atom is -0.343 e. The Morgan fingerprint density at radius 2 is 1.95 bits per heavy atom. The average Bonchev–Trinajstić information content (AvgIpc) is 2.82. The smallest absolute Gasteiger partial charge is 0.163 e. The molecule has 0 fully saturated rings. The lowest BCUT2D eigenvalue weighted by Crippen LogP contribution is -2.01. The van der Waals surface area contributed by atoms with E-state index in [1.165, 1.54) is 0 Å². The van der Waals surface area contributed by atoms with Crippen molar-refractivity contribution in [2.24, 2.45) is 0 Å². The minimum absolute atomic E-state index is 0.128. The van der Waals surface area contributed by atoms with Gasteiger partial charge >= 0.3 is 0 Å². The lowest BCUT2D eigenvalue weighted by Gasteiger charge is -2.04. The molecule has 0 spiro atoms. The fourth-order valence-corrected chi connectivity index (χ4v) is 1.72. The van der Waals surface area contributed by atoms with Gasteiger partial charge in [0.25, 0.3) is 0 Å². The molecule has 6 nitrogen and oxygen atoms in total. The van der Waals surface area contributed by atoms with E-state index in [1.807, 2.05) is 0 Å². The Labute approximate surface area is 113 Å². The van der Waals surface area contributed by atoms with Crippen LogP contribution in [-0.4, -0.2) is 10.2 Å². The van der Waals surface area contributed by atoms with Gasteiger partial charge in [-0.05, 0) is 12.1 Å². The Morgan fingerprint density at radius 3 is 2.58 bits per heavy atom. The molecule has 0 radical (unpaired) electrons. The van der Waals surface area contributed by atoms with Gasteiger partial charge < -0.3 is 5.32 Å². The van der Waals surface area contributed by atoms with Gasteiger partial charge in [-0.1, -0.05) is 17.7 Å². The molecule has 0 unspecified atom stereocenters. The number of fused-ring (bicyclic) bond motifs is 1. The van der Waals surface area contributed by atoms with Gasteiger partial charge in [-0.15, -0.1) is 0 Å². The molecule has 0 atom stereocenters. The minimum atomic E-state index is -0.291. The summed E-state index contributed by atoms with van der Waals surface area (Å²) in [6.45, 7) is 0. The SMILES string of the molecule is N#CC(C#N)=C(C#N)Nc1cccc2c(Cl)[nH]nc12. The zero-order valence-electron chi connectivity index (χ0n) is 9.40. The largest absolute Gasteiger partial charge is 0.343 e. The number of nitrogens with zero attached hydrogens (tertiary/aromatic N) is 4. The van der Waals surface area contributed by atoms with E-state index < -0.39 is 0 Å². The second kappa shape index (κ2) is 5.10. The molecule has 0 aliphatic heterocycles. The molecule has 0 bridgehead atoms. The zero-order valence-corrected chi connectivity index (χ0v) is 10.2. The summed E-state index contributed by atoms with van der Waals surface area (Å²) < 4.78 is 0. The summed E-state index contributed by atoms with van der Waals surface area (Å²) in [4.78, 5) is 0. The number of hydrogen-bond acceptors (Lipinski definition) is 5. The third kappa shape index (κ3) is 2.19. The van der Waals surface area contributed by atoms with Gasteiger partial charge in [0.2, 0.25) is 0 Å². The van der Waals surface area contributed by atoms with Gasteiger partial charge in [-0.3, -0.25) is 5.10 Å². The van der Waals surface area contributed by atoms with E-state index in [-0.39, 0.29) is 11.3 Å². The maximum atomic E-state index is 8.97. The highest BCUT2D eigenvalue weighted by molar-refractivity contribution is 6.34. The third-order valence-electron chi connectivity index (χ3n) is 2.38. The number of H-pyrrole nitrogens is 1. The molecule has 90 valence electrons. The molecular weight excluding hydrogens is 264 g/mol. The van der Waals surface area contributed by atoms with Crippen molar-refractivity contribution in [1.29, 1.82) is 15.8 Å². The molecule has 2 rings (SSSR count). The van der Waals surface area contributed by atoms with Crippen molar-refractivity contribution in [2.75, 3.05) is 5.32 Å². The Balaban J connectivity index is 2.54. The van der Waals surface area contributed by atoms with Crippen molar-refractivity contribution in [3.63, 3.8) is 0 Å². The summed E-state index contributed by atoms with van der Waals surface area (Å²) in [5.41, 5.74) is 0.591. The number of nitrogens with one attached hydrogen (secondary N) is 2. The van der Waals surface area contributed by atoms with Crippen LogP contribution in [0, 0.1) is 34.0 Å². The predicted molar refractivity (Wildman–Crippen MR) is 68.6 cm³/mol. The number of hydrogen-bond donors (Lipinski definition) is 2. The quantitative estimate of drug-likeness (QED) is 0.812. The molecule has 0 aliphatic carbocycles. The van der Waals surface area contributed by atoms with Crippen molar-refractivity contribution >= 4 is 28.2 Å². The number of benzene rings is 1. The van der Waals surface area contributed by atoms with Crippen LogP contribution in [0.1, 0.15) is 0 Å². The summed E-state index contributed by atoms with van der Waals surface area (Å²) in [5, 5.41) is 36.9. The van der Waals surface area contributed by atoms with Crippen LogP contribution in [0.3, 0.4) is 0 Å². The van der Waals surface area contributed by atoms with Crippen LogP contribution >= 0.6 is 11.6 Å². The van der Waals surface area contributed by atoms with E-state index in [2.05, 4.69) is 15.5 Å². The lowest BCUT2D eigenvalue weighted by molar-refractivity contribution is 1.12. The van der Waals surface area contributed by atoms with Crippen molar-refractivity contribution in [2.45, 2.75) is 0 Å². The van der Waals surface area contributed by atoms with Crippen molar-refractivity contribution in [1.82, 2.24) is 10.2 Å².